The van der Waals surface area contributed by atoms with Gasteiger partial charge in [0.15, 0.2) is 0 Å². The molecule has 0 spiro atoms. The topological polar surface area (TPSA) is 3.24 Å². The van der Waals surface area contributed by atoms with E-state index in [0.717, 1.165) is 12.2 Å². The summed E-state index contributed by atoms with van der Waals surface area (Å²) in [7, 11) is 2.06. The van der Waals surface area contributed by atoms with Gasteiger partial charge >= 0.3 is 0 Å². The maximum absolute atomic E-state index is 3.90. The monoisotopic (exact) mass is 199 g/mol. The minimum atomic E-state index is 1.09. The van der Waals surface area contributed by atoms with E-state index in [1.54, 1.807) is 0 Å². The van der Waals surface area contributed by atoms with Gasteiger partial charge < -0.3 is 4.90 Å². The molecule has 0 bridgehead atoms. The molecule has 0 aliphatic carbocycles. The maximum atomic E-state index is 3.90. The molecule has 0 fully saturated rings. The zero-order valence-corrected chi connectivity index (χ0v) is 11.2. The minimum Gasteiger partial charge on any atom is -0.375 e. The molecule has 0 saturated carbocycles. The van der Waals surface area contributed by atoms with Crippen molar-refractivity contribution < 1.29 is 0 Å². The highest BCUT2D eigenvalue weighted by Crippen LogP contribution is 1.99. The standard InChI is InChI=1S/C9H17N.2C2H6/c1-5-7-9(3)10(4)8-6-2;2*1-2/h5,7H,3,6,8H2,1-2,4H3;2*1-2H3/b7-5-;;. The normalized spacial score (nSPS) is 8.21. The molecule has 0 aromatic carbocycles. The van der Waals surface area contributed by atoms with Crippen LogP contribution in [-0.4, -0.2) is 18.5 Å². The third-order valence-corrected chi connectivity index (χ3v) is 1.41. The number of allylic oxidation sites excluding steroid dienone is 2. The van der Waals surface area contributed by atoms with Crippen molar-refractivity contribution in [3.63, 3.8) is 0 Å². The Hall–Kier alpha value is -0.720. The summed E-state index contributed by atoms with van der Waals surface area (Å²) in [6.45, 7) is 17.2. The van der Waals surface area contributed by atoms with Crippen molar-refractivity contribution in [2.24, 2.45) is 0 Å². The lowest BCUT2D eigenvalue weighted by molar-refractivity contribution is 0.431. The zero-order valence-electron chi connectivity index (χ0n) is 11.2. The SMILES string of the molecule is C=C(/C=C\C)N(C)CCC.CC.CC. The molecule has 0 amide bonds. The number of likely N-dealkylation sites (N-methyl/N-ethyl adjacent to an activating group) is 1. The van der Waals surface area contributed by atoms with Crippen molar-refractivity contribution in [3.05, 3.63) is 24.4 Å². The number of rotatable bonds is 4. The predicted octanol–water partition coefficient (Wildman–Crippen LogP) is 4.47. The Morgan fingerprint density at radius 2 is 1.64 bits per heavy atom. The lowest BCUT2D eigenvalue weighted by Crippen LogP contribution is -2.16. The highest BCUT2D eigenvalue weighted by Gasteiger charge is 1.93. The summed E-state index contributed by atoms with van der Waals surface area (Å²) < 4.78 is 0. The second kappa shape index (κ2) is 18.1. The minimum absolute atomic E-state index is 1.09. The van der Waals surface area contributed by atoms with Gasteiger partial charge in [0.2, 0.25) is 0 Å². The molecule has 0 radical (unpaired) electrons. The third kappa shape index (κ3) is 13.8. The molecule has 0 aliphatic heterocycles. The van der Waals surface area contributed by atoms with E-state index in [1.807, 2.05) is 46.8 Å². The summed E-state index contributed by atoms with van der Waals surface area (Å²) in [6, 6.07) is 0. The Balaban J connectivity index is -0.000000266. The summed E-state index contributed by atoms with van der Waals surface area (Å²) in [5, 5.41) is 0. The Bertz CT molecular complexity index is 125. The van der Waals surface area contributed by atoms with E-state index in [1.165, 1.54) is 6.42 Å². The number of nitrogens with zero attached hydrogens (tertiary/aromatic N) is 1. The van der Waals surface area contributed by atoms with Gasteiger partial charge in [0.05, 0.1) is 0 Å². The Morgan fingerprint density at radius 3 is 1.93 bits per heavy atom. The van der Waals surface area contributed by atoms with E-state index in [-0.39, 0.29) is 0 Å². The highest BCUT2D eigenvalue weighted by molar-refractivity contribution is 5.11. The molecule has 0 aliphatic rings. The average molecular weight is 199 g/mol. The Labute approximate surface area is 91.5 Å². The molecule has 0 saturated heterocycles. The van der Waals surface area contributed by atoms with Gasteiger partial charge in [-0.25, -0.2) is 0 Å². The number of hydrogen-bond acceptors (Lipinski definition) is 1. The fourth-order valence-corrected chi connectivity index (χ4v) is 0.799. The first kappa shape index (κ1) is 18.9. The van der Waals surface area contributed by atoms with Crippen molar-refractivity contribution in [1.29, 1.82) is 0 Å². The summed E-state index contributed by atoms with van der Waals surface area (Å²) in [6.07, 6.45) is 5.21. The Kier molecular flexibility index (Phi) is 24.6. The van der Waals surface area contributed by atoms with Crippen molar-refractivity contribution in [1.82, 2.24) is 4.90 Å². The van der Waals surface area contributed by atoms with Crippen LogP contribution in [0.3, 0.4) is 0 Å². The maximum Gasteiger partial charge on any atom is 0.0287 e. The van der Waals surface area contributed by atoms with Crippen LogP contribution in [0.5, 0.6) is 0 Å². The van der Waals surface area contributed by atoms with Crippen LogP contribution in [0.25, 0.3) is 0 Å². The highest BCUT2D eigenvalue weighted by atomic mass is 15.1. The fraction of sp³-hybridized carbons (Fsp3) is 0.692. The number of hydrogen-bond donors (Lipinski definition) is 0. The van der Waals surface area contributed by atoms with E-state index < -0.39 is 0 Å². The van der Waals surface area contributed by atoms with E-state index in [0.29, 0.717) is 0 Å². The van der Waals surface area contributed by atoms with Crippen molar-refractivity contribution in [2.75, 3.05) is 13.6 Å². The molecule has 1 nitrogen and oxygen atoms in total. The van der Waals surface area contributed by atoms with Gasteiger partial charge in [0.25, 0.3) is 0 Å². The van der Waals surface area contributed by atoms with Crippen LogP contribution in [0.15, 0.2) is 24.4 Å². The van der Waals surface area contributed by atoms with Gasteiger partial charge in [-0.2, -0.15) is 0 Å². The van der Waals surface area contributed by atoms with Gasteiger partial charge in [-0.3, -0.25) is 0 Å². The van der Waals surface area contributed by atoms with Crippen molar-refractivity contribution in [3.8, 4) is 0 Å². The van der Waals surface area contributed by atoms with Gasteiger partial charge in [-0.1, -0.05) is 47.3 Å². The fourth-order valence-electron chi connectivity index (χ4n) is 0.799. The smallest absolute Gasteiger partial charge is 0.0287 e. The second-order valence-corrected chi connectivity index (χ2v) is 2.41. The molecule has 86 valence electrons. The molecule has 14 heavy (non-hydrogen) atoms. The van der Waals surface area contributed by atoms with E-state index in [4.69, 9.17) is 0 Å². The summed E-state index contributed by atoms with van der Waals surface area (Å²) >= 11 is 0. The van der Waals surface area contributed by atoms with Crippen LogP contribution >= 0.6 is 0 Å². The first-order valence-electron chi connectivity index (χ1n) is 5.75. The quantitative estimate of drug-likeness (QED) is 0.604. The molecule has 0 N–H and O–H groups in total. The first-order chi connectivity index (χ1) is 6.72. The zero-order chi connectivity index (χ0) is 12.0. The molecule has 0 unspecified atom stereocenters. The summed E-state index contributed by atoms with van der Waals surface area (Å²) in [4.78, 5) is 2.15. The molecule has 0 heterocycles. The van der Waals surface area contributed by atoms with Crippen molar-refractivity contribution >= 4 is 0 Å². The van der Waals surface area contributed by atoms with Gasteiger partial charge in [-0.15, -0.1) is 0 Å². The lowest BCUT2D eigenvalue weighted by atomic mass is 10.3. The van der Waals surface area contributed by atoms with Crippen LogP contribution in [-0.2, 0) is 0 Å². The van der Waals surface area contributed by atoms with Crippen LogP contribution < -0.4 is 0 Å². The molecule has 0 rings (SSSR count). The van der Waals surface area contributed by atoms with Gasteiger partial charge in [0, 0.05) is 19.3 Å². The Morgan fingerprint density at radius 1 is 1.21 bits per heavy atom. The average Bonchev–Trinajstić information content (AvgIpc) is 2.24. The molecule has 0 aromatic heterocycles. The molecular formula is C13H29N. The third-order valence-electron chi connectivity index (χ3n) is 1.41. The van der Waals surface area contributed by atoms with Crippen LogP contribution in [0.2, 0.25) is 0 Å². The molecule has 1 heteroatoms. The lowest BCUT2D eigenvalue weighted by Gasteiger charge is -2.17. The van der Waals surface area contributed by atoms with E-state index in [2.05, 4.69) is 25.5 Å². The van der Waals surface area contributed by atoms with Crippen molar-refractivity contribution in [2.45, 2.75) is 48.0 Å². The molecule has 0 atom stereocenters. The van der Waals surface area contributed by atoms with Crippen LogP contribution in [0.4, 0.5) is 0 Å². The molecular weight excluding hydrogens is 170 g/mol. The first-order valence-corrected chi connectivity index (χ1v) is 5.75. The molecule has 0 aromatic rings. The van der Waals surface area contributed by atoms with E-state index >= 15 is 0 Å². The van der Waals surface area contributed by atoms with Crippen LogP contribution in [0, 0.1) is 0 Å². The van der Waals surface area contributed by atoms with E-state index in [9.17, 15) is 0 Å². The second-order valence-electron chi connectivity index (χ2n) is 2.41. The summed E-state index contributed by atoms with van der Waals surface area (Å²) in [5.74, 6) is 0. The van der Waals surface area contributed by atoms with Gasteiger partial charge in [-0.05, 0) is 19.4 Å². The van der Waals surface area contributed by atoms with Gasteiger partial charge in [0.1, 0.15) is 0 Å². The largest absolute Gasteiger partial charge is 0.375 e. The predicted molar refractivity (Wildman–Crippen MR) is 69.6 cm³/mol. The van der Waals surface area contributed by atoms with Crippen LogP contribution in [0.1, 0.15) is 48.0 Å². The summed E-state index contributed by atoms with van der Waals surface area (Å²) in [5.41, 5.74) is 1.09.